The van der Waals surface area contributed by atoms with Crippen LogP contribution in [0.15, 0.2) is 29.6 Å². The first-order valence-electron chi connectivity index (χ1n) is 7.50. The van der Waals surface area contributed by atoms with E-state index in [2.05, 4.69) is 10.3 Å². The molecule has 124 valence electrons. The van der Waals surface area contributed by atoms with E-state index in [1.54, 1.807) is 4.90 Å². The smallest absolute Gasteiger partial charge is 0.230 e. The number of benzene rings is 1. The summed E-state index contributed by atoms with van der Waals surface area (Å²) in [6, 6.07) is 7.80. The van der Waals surface area contributed by atoms with Crippen LogP contribution in [0.5, 0.6) is 0 Å². The fourth-order valence-electron chi connectivity index (χ4n) is 1.99. The van der Waals surface area contributed by atoms with Crippen LogP contribution >= 0.6 is 11.3 Å². The number of aliphatic hydroxyl groups excluding tert-OH is 1. The average molecular weight is 333 g/mol. The molecule has 1 heterocycles. The number of carbonyl (C=O) groups excluding carboxylic acids is 1. The quantitative estimate of drug-likeness (QED) is 0.853. The zero-order valence-corrected chi connectivity index (χ0v) is 14.8. The van der Waals surface area contributed by atoms with Crippen LogP contribution in [-0.4, -0.2) is 28.1 Å². The largest absolute Gasteiger partial charge is 0.394 e. The van der Waals surface area contributed by atoms with Gasteiger partial charge in [0.15, 0.2) is 5.13 Å². The van der Waals surface area contributed by atoms with Crippen LogP contribution in [-0.2, 0) is 11.3 Å². The first kappa shape index (κ1) is 17.6. The number of nitrogens with one attached hydrogen (secondary N) is 1. The summed E-state index contributed by atoms with van der Waals surface area (Å²) < 4.78 is 0. The van der Waals surface area contributed by atoms with Crippen LogP contribution in [0.2, 0.25) is 0 Å². The van der Waals surface area contributed by atoms with E-state index < -0.39 is 0 Å². The van der Waals surface area contributed by atoms with Gasteiger partial charge in [-0.15, -0.1) is 11.3 Å². The molecule has 1 aromatic carbocycles. The van der Waals surface area contributed by atoms with Crippen molar-refractivity contribution in [1.29, 1.82) is 0 Å². The Morgan fingerprint density at radius 3 is 2.57 bits per heavy atom. The van der Waals surface area contributed by atoms with E-state index >= 15 is 0 Å². The fraction of sp³-hybridized carbons (Fsp3) is 0.412. The third kappa shape index (κ3) is 4.60. The van der Waals surface area contributed by atoms with Crippen molar-refractivity contribution in [2.24, 2.45) is 0 Å². The van der Waals surface area contributed by atoms with Gasteiger partial charge >= 0.3 is 0 Å². The van der Waals surface area contributed by atoms with E-state index in [4.69, 9.17) is 0 Å². The highest BCUT2D eigenvalue weighted by Crippen LogP contribution is 2.29. The predicted octanol–water partition coefficient (Wildman–Crippen LogP) is 3.00. The van der Waals surface area contributed by atoms with Crippen molar-refractivity contribution in [3.05, 3.63) is 40.9 Å². The molecular formula is C17H23N3O2S. The van der Waals surface area contributed by atoms with E-state index in [-0.39, 0.29) is 18.1 Å². The van der Waals surface area contributed by atoms with Gasteiger partial charge in [0.1, 0.15) is 0 Å². The zero-order chi connectivity index (χ0) is 17.0. The first-order chi connectivity index (χ1) is 10.8. The molecule has 0 saturated carbocycles. The molecule has 0 spiro atoms. The van der Waals surface area contributed by atoms with Gasteiger partial charge < -0.3 is 10.4 Å². The number of carbonyl (C=O) groups is 1. The number of amides is 1. The molecule has 0 aliphatic heterocycles. The molecule has 5 nitrogen and oxygen atoms in total. The normalized spacial score (nSPS) is 11.5. The lowest BCUT2D eigenvalue weighted by Gasteiger charge is -2.22. The average Bonchev–Trinajstić information content (AvgIpc) is 2.96. The van der Waals surface area contributed by atoms with Gasteiger partial charge in [-0.05, 0) is 32.9 Å². The first-order valence-corrected chi connectivity index (χ1v) is 8.38. The SMILES string of the molecule is CC(=O)N(c1ccc(C)cc1)c1nc(CNC(C)(C)CO)cs1. The summed E-state index contributed by atoms with van der Waals surface area (Å²) in [5, 5.41) is 15.1. The van der Waals surface area contributed by atoms with Crippen LogP contribution in [0.4, 0.5) is 10.8 Å². The number of rotatable bonds is 6. The lowest BCUT2D eigenvalue weighted by atomic mass is 10.1. The van der Waals surface area contributed by atoms with Crippen molar-refractivity contribution in [3.8, 4) is 0 Å². The molecule has 0 aliphatic rings. The molecular weight excluding hydrogens is 310 g/mol. The molecule has 0 bridgehead atoms. The molecule has 1 aromatic heterocycles. The van der Waals surface area contributed by atoms with Crippen molar-refractivity contribution >= 4 is 28.1 Å². The Labute approximate surface area is 141 Å². The van der Waals surface area contributed by atoms with Gasteiger partial charge in [0.25, 0.3) is 0 Å². The lowest BCUT2D eigenvalue weighted by Crippen LogP contribution is -2.42. The predicted molar refractivity (Wildman–Crippen MR) is 94.1 cm³/mol. The van der Waals surface area contributed by atoms with Crippen molar-refractivity contribution in [3.63, 3.8) is 0 Å². The Kier molecular flexibility index (Phi) is 5.51. The summed E-state index contributed by atoms with van der Waals surface area (Å²) in [7, 11) is 0. The third-order valence-electron chi connectivity index (χ3n) is 3.48. The minimum atomic E-state index is -0.360. The van der Waals surface area contributed by atoms with Crippen LogP contribution in [0.3, 0.4) is 0 Å². The van der Waals surface area contributed by atoms with Crippen LogP contribution in [0.1, 0.15) is 32.0 Å². The molecule has 6 heteroatoms. The molecule has 1 amide bonds. The van der Waals surface area contributed by atoms with Crippen LogP contribution < -0.4 is 10.2 Å². The number of aliphatic hydroxyl groups is 1. The maximum Gasteiger partial charge on any atom is 0.230 e. The number of nitrogens with zero attached hydrogens (tertiary/aromatic N) is 2. The third-order valence-corrected chi connectivity index (χ3v) is 4.36. The number of hydrogen-bond acceptors (Lipinski definition) is 5. The molecule has 2 rings (SSSR count). The highest BCUT2D eigenvalue weighted by molar-refractivity contribution is 7.14. The van der Waals surface area contributed by atoms with E-state index in [0.717, 1.165) is 16.9 Å². The van der Waals surface area contributed by atoms with Gasteiger partial charge in [-0.25, -0.2) is 4.98 Å². The summed E-state index contributed by atoms with van der Waals surface area (Å²) in [6.45, 7) is 7.99. The molecule has 0 fully saturated rings. The highest BCUT2D eigenvalue weighted by atomic mass is 32.1. The van der Waals surface area contributed by atoms with Gasteiger partial charge in [0, 0.05) is 24.4 Å². The second kappa shape index (κ2) is 7.21. The molecule has 2 N–H and O–H groups in total. The number of thiazole rings is 1. The van der Waals surface area contributed by atoms with Crippen LogP contribution in [0, 0.1) is 6.92 Å². The zero-order valence-electron chi connectivity index (χ0n) is 14.0. The monoisotopic (exact) mass is 333 g/mol. The van der Waals surface area contributed by atoms with Crippen molar-refractivity contribution in [2.45, 2.75) is 39.8 Å². The van der Waals surface area contributed by atoms with Gasteiger partial charge in [0.05, 0.1) is 18.0 Å². The van der Waals surface area contributed by atoms with Crippen molar-refractivity contribution < 1.29 is 9.90 Å². The topological polar surface area (TPSA) is 65.5 Å². The second-order valence-corrected chi connectivity index (χ2v) is 7.04. The van der Waals surface area contributed by atoms with Gasteiger partial charge in [-0.1, -0.05) is 17.7 Å². The lowest BCUT2D eigenvalue weighted by molar-refractivity contribution is -0.115. The van der Waals surface area contributed by atoms with E-state index in [1.807, 2.05) is 50.4 Å². The second-order valence-electron chi connectivity index (χ2n) is 6.21. The number of aryl methyl sites for hydroxylation is 1. The van der Waals surface area contributed by atoms with E-state index in [0.29, 0.717) is 11.7 Å². The fourth-order valence-corrected chi connectivity index (χ4v) is 2.87. The molecule has 23 heavy (non-hydrogen) atoms. The summed E-state index contributed by atoms with van der Waals surface area (Å²) in [5.74, 6) is -0.0709. The highest BCUT2D eigenvalue weighted by Gasteiger charge is 2.19. The minimum absolute atomic E-state index is 0.0485. The minimum Gasteiger partial charge on any atom is -0.394 e. The molecule has 0 atom stereocenters. The summed E-state index contributed by atoms with van der Waals surface area (Å²) in [5.41, 5.74) is 2.45. The Hall–Kier alpha value is -1.76. The Bertz CT molecular complexity index is 665. The molecule has 0 aliphatic carbocycles. The molecule has 0 radical (unpaired) electrons. The van der Waals surface area contributed by atoms with Gasteiger partial charge in [0.2, 0.25) is 5.91 Å². The van der Waals surface area contributed by atoms with Crippen LogP contribution in [0.25, 0.3) is 0 Å². The van der Waals surface area contributed by atoms with Gasteiger partial charge in [-0.2, -0.15) is 0 Å². The maximum absolute atomic E-state index is 12.0. The van der Waals surface area contributed by atoms with E-state index in [1.165, 1.54) is 18.3 Å². The Balaban J connectivity index is 2.18. The summed E-state index contributed by atoms with van der Waals surface area (Å²) >= 11 is 1.43. The summed E-state index contributed by atoms with van der Waals surface area (Å²) in [4.78, 5) is 18.2. The van der Waals surface area contributed by atoms with Crippen molar-refractivity contribution in [2.75, 3.05) is 11.5 Å². The Morgan fingerprint density at radius 1 is 1.35 bits per heavy atom. The maximum atomic E-state index is 12.0. The van der Waals surface area contributed by atoms with Crippen molar-refractivity contribution in [1.82, 2.24) is 10.3 Å². The molecule has 2 aromatic rings. The number of anilines is 2. The molecule has 0 unspecified atom stereocenters. The Morgan fingerprint density at radius 2 is 2.00 bits per heavy atom. The standard InChI is InChI=1S/C17H23N3O2S/c1-12-5-7-15(8-6-12)20(13(2)22)16-19-14(10-23-16)9-18-17(3,4)11-21/h5-8,10,18,21H,9,11H2,1-4H3. The summed E-state index contributed by atoms with van der Waals surface area (Å²) in [6.07, 6.45) is 0. The number of hydrogen-bond donors (Lipinski definition) is 2. The van der Waals surface area contributed by atoms with Gasteiger partial charge in [-0.3, -0.25) is 9.69 Å². The van der Waals surface area contributed by atoms with E-state index in [9.17, 15) is 9.90 Å². The number of aromatic nitrogens is 1. The molecule has 0 saturated heterocycles.